The summed E-state index contributed by atoms with van der Waals surface area (Å²) in [6, 6.07) is 0. The second-order valence-electron chi connectivity index (χ2n) is 12.8. The van der Waals surface area contributed by atoms with Crippen molar-refractivity contribution in [2.45, 2.75) is 97.3 Å². The minimum Gasteiger partial charge on any atom is -0.512 e. The number of aliphatic hydroxyl groups excluding tert-OH is 1. The molecule has 4 aliphatic carbocycles. The zero-order valence-corrected chi connectivity index (χ0v) is 19.6. The third kappa shape index (κ3) is 2.40. The molecular formula is C27H43NO2. The zero-order chi connectivity index (χ0) is 20.9. The first-order chi connectivity index (χ1) is 14.3. The number of aliphatic hydroxyl groups is 1. The van der Waals surface area contributed by atoms with E-state index in [9.17, 15) is 5.11 Å². The van der Waals surface area contributed by atoms with Crippen molar-refractivity contribution >= 4 is 0 Å². The lowest BCUT2D eigenvalue weighted by Crippen LogP contribution is -2.57. The molecular weight excluding hydrogens is 370 g/mol. The number of rotatable bonds is 0. The fraction of sp³-hybridized carbons (Fsp3) is 0.926. The molecule has 0 bridgehead atoms. The minimum atomic E-state index is -0.0549. The van der Waals surface area contributed by atoms with Gasteiger partial charge < -0.3 is 9.84 Å². The molecule has 30 heavy (non-hydrogen) atoms. The maximum absolute atomic E-state index is 11.0. The van der Waals surface area contributed by atoms with Gasteiger partial charge in [-0.05, 0) is 105 Å². The van der Waals surface area contributed by atoms with E-state index in [2.05, 4.69) is 39.1 Å². The smallest absolute Gasteiger partial charge is 0.122 e. The lowest BCUT2D eigenvalue weighted by atomic mass is 9.45. The second kappa shape index (κ2) is 6.50. The van der Waals surface area contributed by atoms with Gasteiger partial charge in [-0.25, -0.2) is 0 Å². The Morgan fingerprint density at radius 2 is 1.87 bits per heavy atom. The van der Waals surface area contributed by atoms with Crippen LogP contribution in [0.15, 0.2) is 11.8 Å². The summed E-state index contributed by atoms with van der Waals surface area (Å²) in [4.78, 5) is 0. The van der Waals surface area contributed by atoms with Crippen LogP contribution >= 0.6 is 0 Å². The summed E-state index contributed by atoms with van der Waals surface area (Å²) in [6.07, 6.45) is 14.0. The molecule has 0 radical (unpaired) electrons. The van der Waals surface area contributed by atoms with Gasteiger partial charge >= 0.3 is 0 Å². The third-order valence-electron chi connectivity index (χ3n) is 11.8. The van der Waals surface area contributed by atoms with E-state index < -0.39 is 0 Å². The van der Waals surface area contributed by atoms with E-state index in [1.54, 1.807) is 0 Å². The first-order valence-electron chi connectivity index (χ1n) is 13.1. The number of nitrogens with one attached hydrogen (secondary N) is 1. The zero-order valence-electron chi connectivity index (χ0n) is 19.6. The fourth-order valence-electron chi connectivity index (χ4n) is 10.1. The van der Waals surface area contributed by atoms with Crippen molar-refractivity contribution in [2.75, 3.05) is 6.54 Å². The van der Waals surface area contributed by atoms with Crippen LogP contribution in [0.4, 0.5) is 0 Å². The number of ether oxygens (including phenoxy) is 1. The van der Waals surface area contributed by atoms with Gasteiger partial charge in [0.2, 0.25) is 0 Å². The summed E-state index contributed by atoms with van der Waals surface area (Å²) in [7, 11) is 0. The van der Waals surface area contributed by atoms with Crippen molar-refractivity contribution < 1.29 is 9.84 Å². The van der Waals surface area contributed by atoms with E-state index in [0.29, 0.717) is 35.2 Å². The van der Waals surface area contributed by atoms with E-state index in [-0.39, 0.29) is 11.1 Å². The predicted molar refractivity (Wildman–Crippen MR) is 120 cm³/mol. The normalized spacial score (nSPS) is 59.8. The van der Waals surface area contributed by atoms with Crippen LogP contribution in [0.1, 0.15) is 85.5 Å². The average Bonchev–Trinajstić information content (AvgIpc) is 3.16. The summed E-state index contributed by atoms with van der Waals surface area (Å²) < 4.78 is 6.99. The molecule has 6 aliphatic rings. The Bertz CT molecular complexity index is 739. The molecule has 2 heterocycles. The highest BCUT2D eigenvalue weighted by Crippen LogP contribution is 2.71. The maximum Gasteiger partial charge on any atom is 0.122 e. The minimum absolute atomic E-state index is 0.0367. The van der Waals surface area contributed by atoms with Crippen LogP contribution in [0, 0.1) is 52.3 Å². The molecule has 168 valence electrons. The first-order valence-corrected chi connectivity index (χ1v) is 13.1. The molecule has 2 aliphatic heterocycles. The van der Waals surface area contributed by atoms with Crippen LogP contribution in [0.25, 0.3) is 0 Å². The van der Waals surface area contributed by atoms with Gasteiger partial charge in [-0.3, -0.25) is 5.32 Å². The molecule has 1 spiro atoms. The van der Waals surface area contributed by atoms with E-state index in [4.69, 9.17) is 4.74 Å². The summed E-state index contributed by atoms with van der Waals surface area (Å²) in [5, 5.41) is 14.9. The van der Waals surface area contributed by atoms with E-state index in [1.807, 2.05) is 0 Å². The van der Waals surface area contributed by atoms with Gasteiger partial charge in [0.25, 0.3) is 0 Å². The fourth-order valence-corrected chi connectivity index (χ4v) is 10.1. The quantitative estimate of drug-likeness (QED) is 0.507. The molecule has 6 rings (SSSR count). The summed E-state index contributed by atoms with van der Waals surface area (Å²) >= 11 is 0. The monoisotopic (exact) mass is 413 g/mol. The van der Waals surface area contributed by atoms with E-state index in [1.165, 1.54) is 51.4 Å². The second-order valence-corrected chi connectivity index (χ2v) is 12.8. The highest BCUT2D eigenvalue weighted by Gasteiger charge is 2.68. The molecule has 3 nitrogen and oxygen atoms in total. The van der Waals surface area contributed by atoms with Crippen LogP contribution < -0.4 is 5.32 Å². The van der Waals surface area contributed by atoms with Crippen molar-refractivity contribution in [1.29, 1.82) is 0 Å². The molecule has 0 amide bonds. The van der Waals surface area contributed by atoms with Crippen LogP contribution in [-0.4, -0.2) is 23.5 Å². The predicted octanol–water partition coefficient (Wildman–Crippen LogP) is 6.06. The van der Waals surface area contributed by atoms with Gasteiger partial charge in [0.05, 0.1) is 11.9 Å². The molecule has 11 atom stereocenters. The number of piperidine rings is 1. The van der Waals surface area contributed by atoms with Crippen molar-refractivity contribution in [3.63, 3.8) is 0 Å². The Balaban J connectivity index is 1.29. The number of hydrogen-bond acceptors (Lipinski definition) is 3. The standard InChI is InChI=1S/C27H43NO2/c1-16-10-13-27(28-15-16)17(2)24-22(30-27)14-21-19-9-8-18-6-5-7-23(29)26(18,4)20(19)11-12-25(21,24)3/h7,16-22,24,28-29H,5-6,8-15H2,1-4H3. The molecule has 0 aromatic rings. The lowest BCUT2D eigenvalue weighted by Gasteiger charge is -2.60. The van der Waals surface area contributed by atoms with Crippen LogP contribution in [0.5, 0.6) is 0 Å². The van der Waals surface area contributed by atoms with Crippen LogP contribution in [0.3, 0.4) is 0 Å². The van der Waals surface area contributed by atoms with E-state index >= 15 is 0 Å². The molecule has 0 aromatic carbocycles. The number of fused-ring (bicyclic) bond motifs is 7. The van der Waals surface area contributed by atoms with Gasteiger partial charge in [0, 0.05) is 17.9 Å². The summed E-state index contributed by atoms with van der Waals surface area (Å²) in [6.45, 7) is 11.0. The highest BCUT2D eigenvalue weighted by molar-refractivity contribution is 5.21. The Hall–Kier alpha value is -0.540. The van der Waals surface area contributed by atoms with Gasteiger partial charge in [0.15, 0.2) is 0 Å². The van der Waals surface area contributed by atoms with E-state index in [0.717, 1.165) is 36.5 Å². The number of hydrogen-bond donors (Lipinski definition) is 2. The van der Waals surface area contributed by atoms with Gasteiger partial charge in [0.1, 0.15) is 5.72 Å². The van der Waals surface area contributed by atoms with Crippen molar-refractivity contribution in [2.24, 2.45) is 52.3 Å². The highest BCUT2D eigenvalue weighted by atomic mass is 16.5. The molecule has 2 N–H and O–H groups in total. The summed E-state index contributed by atoms with van der Waals surface area (Å²) in [5.41, 5.74) is 0.395. The Morgan fingerprint density at radius 3 is 2.63 bits per heavy atom. The molecule has 5 fully saturated rings. The van der Waals surface area contributed by atoms with Crippen LogP contribution in [-0.2, 0) is 4.74 Å². The molecule has 3 saturated carbocycles. The topological polar surface area (TPSA) is 41.5 Å². The molecule has 0 aromatic heterocycles. The lowest BCUT2D eigenvalue weighted by molar-refractivity contribution is -0.126. The first kappa shape index (κ1) is 20.1. The SMILES string of the molecule is CC1CCC2(NC1)OC1CC3C4CCC5CCC=C(O)C5(C)C4CCC3(C)C1C2C. The Labute approximate surface area is 183 Å². The Morgan fingerprint density at radius 1 is 1.03 bits per heavy atom. The van der Waals surface area contributed by atoms with Crippen molar-refractivity contribution in [3.05, 3.63) is 11.8 Å². The molecule has 2 saturated heterocycles. The van der Waals surface area contributed by atoms with Crippen molar-refractivity contribution in [3.8, 4) is 0 Å². The molecule has 11 unspecified atom stereocenters. The Kier molecular flexibility index (Phi) is 4.35. The van der Waals surface area contributed by atoms with Crippen LogP contribution in [0.2, 0.25) is 0 Å². The van der Waals surface area contributed by atoms with Gasteiger partial charge in [-0.1, -0.05) is 27.7 Å². The third-order valence-corrected chi connectivity index (χ3v) is 11.8. The van der Waals surface area contributed by atoms with Gasteiger partial charge in [-0.15, -0.1) is 0 Å². The van der Waals surface area contributed by atoms with Gasteiger partial charge in [-0.2, -0.15) is 0 Å². The number of allylic oxidation sites excluding steroid dienone is 2. The van der Waals surface area contributed by atoms with Crippen molar-refractivity contribution in [1.82, 2.24) is 5.32 Å². The maximum atomic E-state index is 11.0. The largest absolute Gasteiger partial charge is 0.512 e. The summed E-state index contributed by atoms with van der Waals surface area (Å²) in [5.74, 6) is 5.74. The average molecular weight is 414 g/mol. The molecule has 3 heteroatoms.